The summed E-state index contributed by atoms with van der Waals surface area (Å²) in [7, 11) is 0. The molecule has 25 heavy (non-hydrogen) atoms. The van der Waals surface area contributed by atoms with Gasteiger partial charge >= 0.3 is 0 Å². The van der Waals surface area contributed by atoms with Crippen LogP contribution in [0.25, 0.3) is 10.2 Å². The minimum Gasteiger partial charge on any atom is -0.378 e. The molecule has 4 rings (SSSR count). The molecule has 1 aliphatic carbocycles. The number of rotatable bonds is 3. The van der Waals surface area contributed by atoms with Gasteiger partial charge in [0.2, 0.25) is 0 Å². The highest BCUT2D eigenvalue weighted by molar-refractivity contribution is 7.22. The summed E-state index contributed by atoms with van der Waals surface area (Å²) in [5.74, 6) is 0.611. The number of amides is 1. The van der Waals surface area contributed by atoms with Crippen LogP contribution >= 0.6 is 11.3 Å². The minimum atomic E-state index is 0.0435. The van der Waals surface area contributed by atoms with Crippen molar-refractivity contribution in [3.05, 3.63) is 23.8 Å². The number of nitrogens with one attached hydrogen (secondary N) is 1. The summed E-state index contributed by atoms with van der Waals surface area (Å²) in [6.45, 7) is 5.51. The molecule has 1 saturated heterocycles. The number of ether oxygens (including phenoxy) is 1. The molecule has 1 amide bonds. The van der Waals surface area contributed by atoms with E-state index < -0.39 is 0 Å². The second kappa shape index (κ2) is 7.30. The molecule has 134 valence electrons. The number of thiazole rings is 1. The van der Waals surface area contributed by atoms with Crippen molar-refractivity contribution in [3.63, 3.8) is 0 Å². The largest absolute Gasteiger partial charge is 0.378 e. The van der Waals surface area contributed by atoms with E-state index in [4.69, 9.17) is 9.72 Å². The molecule has 5 nitrogen and oxygen atoms in total. The van der Waals surface area contributed by atoms with E-state index in [2.05, 4.69) is 17.1 Å². The zero-order valence-corrected chi connectivity index (χ0v) is 15.5. The van der Waals surface area contributed by atoms with Crippen molar-refractivity contribution in [3.8, 4) is 0 Å². The quantitative estimate of drug-likeness (QED) is 0.912. The zero-order chi connectivity index (χ0) is 17.2. The molecule has 1 aromatic heterocycles. The molecule has 0 bridgehead atoms. The van der Waals surface area contributed by atoms with Gasteiger partial charge in [-0.15, -0.1) is 0 Å². The molecule has 1 aromatic carbocycles. The third-order valence-electron chi connectivity index (χ3n) is 5.35. The number of aromatic nitrogens is 1. The number of benzene rings is 1. The molecular formula is C19H25N3O2S. The van der Waals surface area contributed by atoms with Crippen molar-refractivity contribution >= 4 is 32.6 Å². The van der Waals surface area contributed by atoms with Crippen LogP contribution in [0.5, 0.6) is 0 Å². The number of carbonyl (C=O) groups is 1. The highest BCUT2D eigenvalue weighted by atomic mass is 32.1. The lowest BCUT2D eigenvalue weighted by molar-refractivity contribution is 0.0910. The third-order valence-corrected chi connectivity index (χ3v) is 6.43. The van der Waals surface area contributed by atoms with Crippen LogP contribution in [0.4, 0.5) is 5.13 Å². The standard InChI is InChI=1S/C19H25N3O2S/c1-13-4-2-3-5-15(13)20-18(23)14-6-7-16-17(12-14)25-19(21-16)22-8-10-24-11-9-22/h6-7,12-13,15H,2-5,8-11H2,1H3,(H,20,23). The number of anilines is 1. The molecule has 2 aliphatic rings. The molecule has 1 saturated carbocycles. The summed E-state index contributed by atoms with van der Waals surface area (Å²) >= 11 is 1.66. The first kappa shape index (κ1) is 16.8. The van der Waals surface area contributed by atoms with E-state index >= 15 is 0 Å². The van der Waals surface area contributed by atoms with Crippen LogP contribution in [0.3, 0.4) is 0 Å². The van der Waals surface area contributed by atoms with Gasteiger partial charge in [-0.1, -0.05) is 31.1 Å². The van der Waals surface area contributed by atoms with Crippen LogP contribution in [0, 0.1) is 5.92 Å². The van der Waals surface area contributed by atoms with E-state index in [-0.39, 0.29) is 5.91 Å². The first-order valence-corrected chi connectivity index (χ1v) is 10.1. The molecule has 2 aromatic rings. The Kier molecular flexibility index (Phi) is 4.90. The topological polar surface area (TPSA) is 54.5 Å². The van der Waals surface area contributed by atoms with Crippen LogP contribution in [0.15, 0.2) is 18.2 Å². The minimum absolute atomic E-state index is 0.0435. The van der Waals surface area contributed by atoms with Crippen molar-refractivity contribution in [2.75, 3.05) is 31.2 Å². The lowest BCUT2D eigenvalue weighted by Gasteiger charge is -2.29. The molecule has 2 fully saturated rings. The number of morpholine rings is 1. The number of nitrogens with zero attached hydrogens (tertiary/aromatic N) is 2. The summed E-state index contributed by atoms with van der Waals surface area (Å²) < 4.78 is 6.48. The van der Waals surface area contributed by atoms with Gasteiger partial charge in [-0.2, -0.15) is 0 Å². The third kappa shape index (κ3) is 3.65. The number of hydrogen-bond donors (Lipinski definition) is 1. The van der Waals surface area contributed by atoms with Gasteiger partial charge in [0.1, 0.15) is 0 Å². The predicted octanol–water partition coefficient (Wildman–Crippen LogP) is 3.44. The first-order valence-electron chi connectivity index (χ1n) is 9.25. The van der Waals surface area contributed by atoms with Crippen molar-refractivity contribution in [1.29, 1.82) is 0 Å². The van der Waals surface area contributed by atoms with Crippen molar-refractivity contribution in [1.82, 2.24) is 10.3 Å². The maximum atomic E-state index is 12.7. The molecular weight excluding hydrogens is 334 g/mol. The Labute approximate surface area is 152 Å². The smallest absolute Gasteiger partial charge is 0.251 e. The summed E-state index contributed by atoms with van der Waals surface area (Å²) in [6, 6.07) is 6.16. The number of carbonyl (C=O) groups excluding carboxylic acids is 1. The number of fused-ring (bicyclic) bond motifs is 1. The maximum Gasteiger partial charge on any atom is 0.251 e. The maximum absolute atomic E-state index is 12.7. The average Bonchev–Trinajstić information content (AvgIpc) is 3.07. The highest BCUT2D eigenvalue weighted by Gasteiger charge is 2.23. The fourth-order valence-corrected chi connectivity index (χ4v) is 4.78. The Morgan fingerprint density at radius 1 is 1.28 bits per heavy atom. The number of hydrogen-bond acceptors (Lipinski definition) is 5. The van der Waals surface area contributed by atoms with Crippen LogP contribution in [-0.2, 0) is 4.74 Å². The summed E-state index contributed by atoms with van der Waals surface area (Å²) in [4.78, 5) is 19.6. The van der Waals surface area contributed by atoms with Gasteiger partial charge in [0.15, 0.2) is 5.13 Å². The lowest BCUT2D eigenvalue weighted by Crippen LogP contribution is -2.41. The van der Waals surface area contributed by atoms with E-state index in [1.807, 2.05) is 18.2 Å². The van der Waals surface area contributed by atoms with E-state index in [1.165, 1.54) is 19.3 Å². The van der Waals surface area contributed by atoms with Gasteiger partial charge in [-0.25, -0.2) is 4.98 Å². The molecule has 0 spiro atoms. The van der Waals surface area contributed by atoms with Gasteiger partial charge in [0.05, 0.1) is 23.4 Å². The first-order chi connectivity index (χ1) is 12.2. The Balaban J connectivity index is 1.51. The van der Waals surface area contributed by atoms with E-state index in [1.54, 1.807) is 11.3 Å². The molecule has 2 atom stereocenters. The summed E-state index contributed by atoms with van der Waals surface area (Å²) in [6.07, 6.45) is 4.80. The van der Waals surface area contributed by atoms with Crippen LogP contribution in [0.1, 0.15) is 43.0 Å². The molecule has 2 heterocycles. The monoisotopic (exact) mass is 359 g/mol. The second-order valence-corrected chi connectivity index (χ2v) is 8.13. The molecule has 0 radical (unpaired) electrons. The van der Waals surface area contributed by atoms with E-state index in [0.717, 1.165) is 53.6 Å². The Hall–Kier alpha value is -1.66. The Bertz CT molecular complexity index is 754. The second-order valence-electron chi connectivity index (χ2n) is 7.12. The van der Waals surface area contributed by atoms with Crippen molar-refractivity contribution < 1.29 is 9.53 Å². The van der Waals surface area contributed by atoms with Gasteiger partial charge < -0.3 is 15.0 Å². The summed E-state index contributed by atoms with van der Waals surface area (Å²) in [5.41, 5.74) is 1.71. The normalized spacial score (nSPS) is 24.4. The van der Waals surface area contributed by atoms with Crippen molar-refractivity contribution in [2.45, 2.75) is 38.6 Å². The SMILES string of the molecule is CC1CCCCC1NC(=O)c1ccc2nc(N3CCOCC3)sc2c1. The Morgan fingerprint density at radius 2 is 2.08 bits per heavy atom. The van der Waals surface area contributed by atoms with Gasteiger partial charge in [0.25, 0.3) is 5.91 Å². The molecule has 6 heteroatoms. The fraction of sp³-hybridized carbons (Fsp3) is 0.579. The lowest BCUT2D eigenvalue weighted by atomic mass is 9.86. The van der Waals surface area contributed by atoms with E-state index in [9.17, 15) is 4.79 Å². The van der Waals surface area contributed by atoms with Crippen LogP contribution in [-0.4, -0.2) is 43.2 Å². The van der Waals surface area contributed by atoms with Crippen LogP contribution in [0.2, 0.25) is 0 Å². The average molecular weight is 359 g/mol. The van der Waals surface area contributed by atoms with Gasteiger partial charge in [-0.05, 0) is 37.0 Å². The predicted molar refractivity (Wildman–Crippen MR) is 102 cm³/mol. The van der Waals surface area contributed by atoms with Crippen LogP contribution < -0.4 is 10.2 Å². The molecule has 1 N–H and O–H groups in total. The van der Waals surface area contributed by atoms with Gasteiger partial charge in [0, 0.05) is 24.7 Å². The Morgan fingerprint density at radius 3 is 2.88 bits per heavy atom. The molecule has 1 aliphatic heterocycles. The van der Waals surface area contributed by atoms with Crippen molar-refractivity contribution in [2.24, 2.45) is 5.92 Å². The zero-order valence-electron chi connectivity index (χ0n) is 14.7. The van der Waals surface area contributed by atoms with Gasteiger partial charge in [-0.3, -0.25) is 4.79 Å². The van der Waals surface area contributed by atoms with E-state index in [0.29, 0.717) is 12.0 Å². The summed E-state index contributed by atoms with van der Waals surface area (Å²) in [5, 5.41) is 4.26. The highest BCUT2D eigenvalue weighted by Crippen LogP contribution is 2.30. The molecule has 2 unspecified atom stereocenters. The fourth-order valence-electron chi connectivity index (χ4n) is 3.73.